The van der Waals surface area contributed by atoms with Gasteiger partial charge in [0.25, 0.3) is 5.91 Å². The Hall–Kier alpha value is -2.79. The fraction of sp³-hybridized carbons (Fsp3) is 0.250. The van der Waals surface area contributed by atoms with Gasteiger partial charge in [0, 0.05) is 30.5 Å². The molecule has 5 nitrogen and oxygen atoms in total. The van der Waals surface area contributed by atoms with Gasteiger partial charge in [-0.3, -0.25) is 4.79 Å². The molecule has 1 aromatic heterocycles. The number of hydrogen-bond donors (Lipinski definition) is 1. The van der Waals surface area contributed by atoms with E-state index in [0.29, 0.717) is 5.56 Å². The number of carbonyl (C=O) groups is 1. The summed E-state index contributed by atoms with van der Waals surface area (Å²) >= 11 is 0. The van der Waals surface area contributed by atoms with Crippen LogP contribution in [0, 0.1) is 0 Å². The molecule has 1 N–H and O–H groups in total. The summed E-state index contributed by atoms with van der Waals surface area (Å²) in [7, 11) is 5.73. The highest BCUT2D eigenvalue weighted by Crippen LogP contribution is 2.21. The van der Waals surface area contributed by atoms with Crippen molar-refractivity contribution in [1.82, 2.24) is 9.47 Å². The van der Waals surface area contributed by atoms with E-state index in [-0.39, 0.29) is 5.91 Å². The molecular formula is C20H23N3O2. The van der Waals surface area contributed by atoms with E-state index in [1.165, 1.54) is 5.39 Å². The smallest absolute Gasteiger partial charge is 0.255 e. The lowest BCUT2D eigenvalue weighted by Gasteiger charge is -2.12. The molecule has 1 heterocycles. The maximum absolute atomic E-state index is 12.4. The third-order valence-corrected chi connectivity index (χ3v) is 4.17. The average Bonchev–Trinajstić information content (AvgIpc) is 3.02. The molecule has 0 fully saturated rings. The third kappa shape index (κ3) is 4.00. The van der Waals surface area contributed by atoms with Crippen molar-refractivity contribution in [2.24, 2.45) is 0 Å². The number of anilines is 1. The second kappa shape index (κ2) is 7.40. The minimum atomic E-state index is -0.131. The van der Waals surface area contributed by atoms with Gasteiger partial charge in [0.2, 0.25) is 0 Å². The fourth-order valence-electron chi connectivity index (χ4n) is 2.71. The van der Waals surface area contributed by atoms with Crippen LogP contribution in [0.1, 0.15) is 10.4 Å². The first-order chi connectivity index (χ1) is 12.1. The lowest BCUT2D eigenvalue weighted by molar-refractivity contribution is 0.102. The summed E-state index contributed by atoms with van der Waals surface area (Å²) in [6, 6.07) is 15.2. The predicted octanol–water partition coefficient (Wildman–Crippen LogP) is 3.46. The van der Waals surface area contributed by atoms with Crippen molar-refractivity contribution >= 4 is 22.5 Å². The van der Waals surface area contributed by atoms with Crippen LogP contribution < -0.4 is 10.1 Å². The molecule has 3 aromatic rings. The standard InChI is InChI=1S/C20H23N3O2/c1-22(2)12-13-23-11-10-15-4-7-17(14-19(15)23)21-20(24)16-5-8-18(25-3)9-6-16/h4-11,14H,12-13H2,1-3H3,(H,21,24). The number of methoxy groups -OCH3 is 1. The van der Waals surface area contributed by atoms with E-state index in [0.717, 1.165) is 30.0 Å². The van der Waals surface area contributed by atoms with E-state index >= 15 is 0 Å². The summed E-state index contributed by atoms with van der Waals surface area (Å²) in [5.74, 6) is 0.602. The van der Waals surface area contributed by atoms with Crippen molar-refractivity contribution in [3.8, 4) is 5.75 Å². The highest BCUT2D eigenvalue weighted by molar-refractivity contribution is 6.05. The Kier molecular flexibility index (Phi) is 5.05. The van der Waals surface area contributed by atoms with Crippen LogP contribution in [0.15, 0.2) is 54.7 Å². The van der Waals surface area contributed by atoms with Crippen LogP contribution in [0.4, 0.5) is 5.69 Å². The molecule has 2 aromatic carbocycles. The second-order valence-corrected chi connectivity index (χ2v) is 6.27. The molecule has 0 aliphatic heterocycles. The number of rotatable bonds is 6. The Morgan fingerprint density at radius 3 is 2.56 bits per heavy atom. The molecule has 1 amide bonds. The summed E-state index contributed by atoms with van der Waals surface area (Å²) in [4.78, 5) is 14.6. The zero-order valence-corrected chi connectivity index (χ0v) is 14.8. The largest absolute Gasteiger partial charge is 0.497 e. The topological polar surface area (TPSA) is 46.5 Å². The Bertz CT molecular complexity index is 866. The van der Waals surface area contributed by atoms with Crippen molar-refractivity contribution in [3.05, 3.63) is 60.3 Å². The van der Waals surface area contributed by atoms with Crippen molar-refractivity contribution in [2.45, 2.75) is 6.54 Å². The van der Waals surface area contributed by atoms with E-state index in [9.17, 15) is 4.79 Å². The number of nitrogens with one attached hydrogen (secondary N) is 1. The summed E-state index contributed by atoms with van der Waals surface area (Å²) in [5, 5.41) is 4.13. The molecular weight excluding hydrogens is 314 g/mol. The first kappa shape index (κ1) is 17.0. The number of nitrogens with zero attached hydrogens (tertiary/aromatic N) is 2. The first-order valence-electron chi connectivity index (χ1n) is 8.26. The van der Waals surface area contributed by atoms with Crippen molar-refractivity contribution in [2.75, 3.05) is 33.1 Å². The van der Waals surface area contributed by atoms with Crippen LogP contribution in [-0.2, 0) is 6.54 Å². The van der Waals surface area contributed by atoms with Crippen molar-refractivity contribution < 1.29 is 9.53 Å². The maximum atomic E-state index is 12.4. The third-order valence-electron chi connectivity index (χ3n) is 4.17. The SMILES string of the molecule is COc1ccc(C(=O)Nc2ccc3ccn(CCN(C)C)c3c2)cc1. The summed E-state index contributed by atoms with van der Waals surface area (Å²) in [6.07, 6.45) is 2.09. The van der Waals surface area contributed by atoms with Gasteiger partial charge in [-0.2, -0.15) is 0 Å². The van der Waals surface area contributed by atoms with Gasteiger partial charge in [0.05, 0.1) is 12.6 Å². The van der Waals surface area contributed by atoms with Gasteiger partial charge < -0.3 is 19.5 Å². The Balaban J connectivity index is 1.78. The summed E-state index contributed by atoms with van der Waals surface area (Å²) in [6.45, 7) is 1.87. The molecule has 0 radical (unpaired) electrons. The van der Waals surface area contributed by atoms with Gasteiger partial charge in [-0.05, 0) is 61.9 Å². The van der Waals surface area contributed by atoms with Crippen molar-refractivity contribution in [3.63, 3.8) is 0 Å². The highest BCUT2D eigenvalue weighted by Gasteiger charge is 2.08. The zero-order valence-electron chi connectivity index (χ0n) is 14.8. The van der Waals surface area contributed by atoms with Crippen LogP contribution >= 0.6 is 0 Å². The molecule has 0 saturated carbocycles. The number of fused-ring (bicyclic) bond motifs is 1. The Morgan fingerprint density at radius 1 is 1.12 bits per heavy atom. The van der Waals surface area contributed by atoms with E-state index in [1.54, 1.807) is 31.4 Å². The predicted molar refractivity (Wildman–Crippen MR) is 101 cm³/mol. The molecule has 0 bridgehead atoms. The van der Waals surface area contributed by atoms with Crippen LogP contribution in [-0.4, -0.2) is 43.1 Å². The number of aromatic nitrogens is 1. The maximum Gasteiger partial charge on any atom is 0.255 e. The second-order valence-electron chi connectivity index (χ2n) is 6.27. The summed E-state index contributed by atoms with van der Waals surface area (Å²) in [5.41, 5.74) is 2.51. The van der Waals surface area contributed by atoms with Gasteiger partial charge in [0.15, 0.2) is 0 Å². The zero-order chi connectivity index (χ0) is 17.8. The molecule has 0 aliphatic carbocycles. The van der Waals surface area contributed by atoms with Crippen LogP contribution in [0.5, 0.6) is 5.75 Å². The fourth-order valence-corrected chi connectivity index (χ4v) is 2.71. The number of ether oxygens (including phenoxy) is 1. The number of amides is 1. The van der Waals surface area contributed by atoms with Gasteiger partial charge >= 0.3 is 0 Å². The molecule has 25 heavy (non-hydrogen) atoms. The van der Waals surface area contributed by atoms with Crippen LogP contribution in [0.2, 0.25) is 0 Å². The minimum Gasteiger partial charge on any atom is -0.497 e. The molecule has 0 spiro atoms. The quantitative estimate of drug-likeness (QED) is 0.749. The number of carbonyl (C=O) groups excluding carboxylic acids is 1. The summed E-state index contributed by atoms with van der Waals surface area (Å²) < 4.78 is 7.33. The van der Waals surface area contributed by atoms with E-state index in [4.69, 9.17) is 4.74 Å². The monoisotopic (exact) mass is 337 g/mol. The van der Waals surface area contributed by atoms with Gasteiger partial charge in [0.1, 0.15) is 5.75 Å². The number of hydrogen-bond acceptors (Lipinski definition) is 3. The Labute approximate surface area is 147 Å². The number of likely N-dealkylation sites (N-methyl/N-ethyl adjacent to an activating group) is 1. The normalized spacial score (nSPS) is 11.0. The molecule has 5 heteroatoms. The molecule has 3 rings (SSSR count). The average molecular weight is 337 g/mol. The molecule has 130 valence electrons. The van der Waals surface area contributed by atoms with Gasteiger partial charge in [-0.1, -0.05) is 6.07 Å². The number of benzene rings is 2. The lowest BCUT2D eigenvalue weighted by atomic mass is 10.2. The molecule has 0 aliphatic rings. The van der Waals surface area contributed by atoms with E-state index < -0.39 is 0 Å². The molecule has 0 unspecified atom stereocenters. The van der Waals surface area contributed by atoms with Gasteiger partial charge in [-0.25, -0.2) is 0 Å². The Morgan fingerprint density at radius 2 is 1.88 bits per heavy atom. The molecule has 0 saturated heterocycles. The minimum absolute atomic E-state index is 0.131. The van der Waals surface area contributed by atoms with Crippen LogP contribution in [0.25, 0.3) is 10.9 Å². The van der Waals surface area contributed by atoms with E-state index in [2.05, 4.69) is 41.1 Å². The highest BCUT2D eigenvalue weighted by atomic mass is 16.5. The van der Waals surface area contributed by atoms with Crippen LogP contribution in [0.3, 0.4) is 0 Å². The van der Waals surface area contributed by atoms with E-state index in [1.807, 2.05) is 18.2 Å². The molecule has 0 atom stereocenters. The van der Waals surface area contributed by atoms with Crippen molar-refractivity contribution in [1.29, 1.82) is 0 Å². The lowest BCUT2D eigenvalue weighted by Crippen LogP contribution is -2.18. The first-order valence-corrected chi connectivity index (χ1v) is 8.26. The van der Waals surface area contributed by atoms with Gasteiger partial charge in [-0.15, -0.1) is 0 Å².